The van der Waals surface area contributed by atoms with E-state index in [1.807, 2.05) is 67.6 Å². The molecule has 1 aromatic heterocycles. The Balaban J connectivity index is 0.00000384. The molecule has 0 aliphatic carbocycles. The first-order chi connectivity index (χ1) is 20.5. The van der Waals surface area contributed by atoms with Crippen LogP contribution in [0.5, 0.6) is 5.75 Å². The van der Waals surface area contributed by atoms with Crippen LogP contribution in [0.1, 0.15) is 19.2 Å². The van der Waals surface area contributed by atoms with Gasteiger partial charge in [-0.3, -0.25) is 9.45 Å². The Morgan fingerprint density at radius 3 is 2.27 bits per heavy atom. The first kappa shape index (κ1) is 31.9. The van der Waals surface area contributed by atoms with Crippen molar-refractivity contribution in [1.82, 2.24) is 0 Å². The van der Waals surface area contributed by atoms with E-state index in [4.69, 9.17) is 9.15 Å². The molecule has 6 rings (SSSR count). The first-order valence-corrected chi connectivity index (χ1v) is 16.5. The Hall–Kier alpha value is -3.49. The molecule has 5 aromatic rings. The number of rotatable bonds is 8. The van der Waals surface area contributed by atoms with Gasteiger partial charge in [0.1, 0.15) is 16.0 Å². The number of fused-ring (bicyclic) bond motifs is 3. The van der Waals surface area contributed by atoms with E-state index < -0.39 is 32.0 Å². The molecule has 220 valence electrons. The van der Waals surface area contributed by atoms with Crippen molar-refractivity contribution >= 4 is 53.9 Å². The topological polar surface area (TPSA) is 141 Å². The molecule has 0 unspecified atom stereocenters. The maximum Gasteiger partial charge on any atom is 1.00 e. The molecule has 0 saturated heterocycles. The predicted molar refractivity (Wildman–Crippen MR) is 161 cm³/mol. The SMILES string of the molecule is CCC(=C/c1oc2cc3ccccc3cc2[n+]1CS(=O)(=O)O)/C=C1\Oc2ccc(-c3ccccc3)cc2N1CS(=O)(=O)[O-].[Na+]. The van der Waals surface area contributed by atoms with Crippen LogP contribution in [0.2, 0.25) is 0 Å². The molecule has 0 radical (unpaired) electrons. The Labute approximate surface area is 276 Å². The summed E-state index contributed by atoms with van der Waals surface area (Å²) in [5, 5.41) is 1.74. The van der Waals surface area contributed by atoms with Gasteiger partial charge in [0.05, 0.1) is 11.8 Å². The van der Waals surface area contributed by atoms with E-state index in [0.29, 0.717) is 34.5 Å². The molecule has 0 saturated carbocycles. The fraction of sp³-hybridized carbons (Fsp3) is 0.129. The van der Waals surface area contributed by atoms with Crippen molar-refractivity contribution in [3.05, 3.63) is 108 Å². The summed E-state index contributed by atoms with van der Waals surface area (Å²) in [5.74, 6) is -0.983. The number of allylic oxidation sites excluding steroid dienone is 2. The number of hydrogen-bond acceptors (Lipinski definition) is 8. The predicted octanol–water partition coefficient (Wildman–Crippen LogP) is 2.43. The number of anilines is 1. The van der Waals surface area contributed by atoms with Crippen LogP contribution in [0.3, 0.4) is 0 Å². The Bertz CT molecular complexity index is 2160. The second-order valence-corrected chi connectivity index (χ2v) is 12.9. The fourth-order valence-corrected chi connectivity index (χ4v) is 6.24. The van der Waals surface area contributed by atoms with Gasteiger partial charge in [0.25, 0.3) is 11.4 Å². The van der Waals surface area contributed by atoms with Crippen LogP contribution < -0.4 is 43.8 Å². The maximum absolute atomic E-state index is 12.0. The fourth-order valence-electron chi connectivity index (χ4n) is 5.06. The number of benzene rings is 4. The van der Waals surface area contributed by atoms with E-state index in [2.05, 4.69) is 0 Å². The monoisotopic (exact) mass is 641 g/mol. The van der Waals surface area contributed by atoms with Crippen molar-refractivity contribution < 1.29 is 69.2 Å². The van der Waals surface area contributed by atoms with Gasteiger partial charge in [-0.2, -0.15) is 8.42 Å². The molecule has 1 aliphatic heterocycles. The van der Waals surface area contributed by atoms with Gasteiger partial charge >= 0.3 is 45.6 Å². The minimum absolute atomic E-state index is 0. The van der Waals surface area contributed by atoms with Crippen LogP contribution in [-0.2, 0) is 26.1 Å². The molecule has 1 N–H and O–H groups in total. The van der Waals surface area contributed by atoms with E-state index in [1.54, 1.807) is 36.4 Å². The normalized spacial score (nSPS) is 14.6. The summed E-state index contributed by atoms with van der Waals surface area (Å²) in [6.07, 6.45) is 3.57. The van der Waals surface area contributed by atoms with Gasteiger partial charge in [0.2, 0.25) is 11.5 Å². The van der Waals surface area contributed by atoms with Crippen LogP contribution in [0.25, 0.3) is 39.1 Å². The molecule has 4 aromatic carbocycles. The Morgan fingerprint density at radius 2 is 1.61 bits per heavy atom. The molecule has 44 heavy (non-hydrogen) atoms. The van der Waals surface area contributed by atoms with Crippen LogP contribution in [0.4, 0.5) is 5.69 Å². The van der Waals surface area contributed by atoms with E-state index in [9.17, 15) is 25.9 Å². The smallest absolute Gasteiger partial charge is 0.747 e. The van der Waals surface area contributed by atoms with Gasteiger partial charge in [-0.25, -0.2) is 8.42 Å². The van der Waals surface area contributed by atoms with Crippen LogP contribution in [-0.4, -0.2) is 31.8 Å². The van der Waals surface area contributed by atoms with E-state index in [-0.39, 0.29) is 41.3 Å². The first-order valence-electron chi connectivity index (χ1n) is 13.3. The number of hydrogen-bond donors (Lipinski definition) is 1. The van der Waals surface area contributed by atoms with Gasteiger partial charge in [-0.15, -0.1) is 4.57 Å². The molecule has 13 heteroatoms. The zero-order chi connectivity index (χ0) is 30.4. The molecule has 0 atom stereocenters. The summed E-state index contributed by atoms with van der Waals surface area (Å²) in [6, 6.07) is 25.9. The number of aromatic nitrogens is 1. The van der Waals surface area contributed by atoms with E-state index in [1.165, 1.54) is 9.47 Å². The third kappa shape index (κ3) is 6.92. The molecule has 0 spiro atoms. The van der Waals surface area contributed by atoms with E-state index in [0.717, 1.165) is 21.9 Å². The van der Waals surface area contributed by atoms with Gasteiger partial charge in [-0.05, 0) is 52.1 Å². The second kappa shape index (κ2) is 12.5. The van der Waals surface area contributed by atoms with Crippen LogP contribution >= 0.6 is 0 Å². The molecule has 1 aliphatic rings. The second-order valence-electron chi connectivity index (χ2n) is 10.1. The third-order valence-corrected chi connectivity index (χ3v) is 8.20. The van der Waals surface area contributed by atoms with Crippen molar-refractivity contribution in [2.75, 3.05) is 10.8 Å². The molecule has 0 bridgehead atoms. The average Bonchev–Trinajstić information content (AvgIpc) is 3.45. The summed E-state index contributed by atoms with van der Waals surface area (Å²) in [7, 11) is -9.15. The summed E-state index contributed by atoms with van der Waals surface area (Å²) in [5.41, 5.74) is 3.58. The average molecular weight is 642 g/mol. The van der Waals surface area contributed by atoms with Gasteiger partial charge in [0, 0.05) is 12.1 Å². The molecule has 0 fully saturated rings. The van der Waals surface area contributed by atoms with Crippen LogP contribution in [0.15, 0.2) is 107 Å². The van der Waals surface area contributed by atoms with Crippen molar-refractivity contribution in [3.63, 3.8) is 0 Å². The summed E-state index contributed by atoms with van der Waals surface area (Å²) in [4.78, 5) is 1.30. The molecular formula is C31H26N2NaO8S2+. The quantitative estimate of drug-likeness (QED) is 0.154. The van der Waals surface area contributed by atoms with Gasteiger partial charge in [-0.1, -0.05) is 67.6 Å². The van der Waals surface area contributed by atoms with Gasteiger partial charge in [0.15, 0.2) is 5.75 Å². The number of nitrogens with zero attached hydrogens (tertiary/aromatic N) is 2. The number of ether oxygens (including phenoxy) is 1. The summed E-state index contributed by atoms with van der Waals surface area (Å²) in [6.45, 7) is 1.84. The molecule has 0 amide bonds. The van der Waals surface area contributed by atoms with E-state index >= 15 is 0 Å². The molecule has 10 nitrogen and oxygen atoms in total. The third-order valence-electron chi connectivity index (χ3n) is 7.04. The van der Waals surface area contributed by atoms with Gasteiger partial charge < -0.3 is 13.7 Å². The summed E-state index contributed by atoms with van der Waals surface area (Å²) >= 11 is 0. The van der Waals surface area contributed by atoms with Crippen LogP contribution in [0, 0.1) is 0 Å². The zero-order valence-corrected chi connectivity index (χ0v) is 27.5. The summed E-state index contributed by atoms with van der Waals surface area (Å²) < 4.78 is 82.9. The molecule has 2 heterocycles. The van der Waals surface area contributed by atoms with Crippen molar-refractivity contribution in [3.8, 4) is 16.9 Å². The van der Waals surface area contributed by atoms with Crippen molar-refractivity contribution in [2.45, 2.75) is 19.2 Å². The zero-order valence-electron chi connectivity index (χ0n) is 23.9. The Kier molecular flexibility index (Phi) is 9.06. The minimum atomic E-state index is -4.71. The van der Waals surface area contributed by atoms with Crippen molar-refractivity contribution in [1.29, 1.82) is 0 Å². The molecular weight excluding hydrogens is 615 g/mol. The number of oxazole rings is 1. The largest absolute Gasteiger partial charge is 1.00 e. The minimum Gasteiger partial charge on any atom is -0.747 e. The Morgan fingerprint density at radius 1 is 0.932 bits per heavy atom. The van der Waals surface area contributed by atoms with Crippen molar-refractivity contribution in [2.24, 2.45) is 0 Å². The maximum atomic E-state index is 12.0. The standard InChI is InChI=1S/C31H26N2O8S2.Na/c1-2-21(15-31-33(20-43(37,38)39)27-16-23-10-6-7-11-24(23)18-29(27)41-31)14-30-32(19-42(34,35)36)26-17-25(12-13-28(26)40-30)22-8-4-3-5-9-22;/h3-18H,2,19-20H2,1H3,(H-,34,35,36,37,38,39);/q;+1.